The lowest BCUT2D eigenvalue weighted by atomic mass is 10.0. The van der Waals surface area contributed by atoms with Gasteiger partial charge in [-0.2, -0.15) is 0 Å². The molecule has 1 N–H and O–H groups in total. The van der Waals surface area contributed by atoms with E-state index in [4.69, 9.17) is 4.74 Å². The van der Waals surface area contributed by atoms with Crippen molar-refractivity contribution in [3.05, 3.63) is 0 Å². The molecule has 3 heteroatoms. The van der Waals surface area contributed by atoms with E-state index in [9.17, 15) is 0 Å². The molecule has 2 rings (SSSR count). The summed E-state index contributed by atoms with van der Waals surface area (Å²) >= 11 is 0. The SMILES string of the molecule is CC(C)[C@H]1CN(C2CCOC2)CCN1. The van der Waals surface area contributed by atoms with Gasteiger partial charge in [0.25, 0.3) is 0 Å². The van der Waals surface area contributed by atoms with E-state index in [1.54, 1.807) is 0 Å². The predicted octanol–water partition coefficient (Wildman–Crippen LogP) is 0.705. The molecule has 0 aromatic carbocycles. The second-order valence-corrected chi connectivity index (χ2v) is 4.82. The van der Waals surface area contributed by atoms with Crippen LogP contribution in [-0.4, -0.2) is 49.8 Å². The summed E-state index contributed by atoms with van der Waals surface area (Å²) in [6.07, 6.45) is 1.23. The van der Waals surface area contributed by atoms with Crippen LogP contribution in [-0.2, 0) is 4.74 Å². The summed E-state index contributed by atoms with van der Waals surface area (Å²) in [7, 11) is 0. The van der Waals surface area contributed by atoms with Gasteiger partial charge in [-0.15, -0.1) is 0 Å². The molecule has 82 valence electrons. The first kappa shape index (κ1) is 10.4. The van der Waals surface area contributed by atoms with Gasteiger partial charge in [-0.3, -0.25) is 4.90 Å². The van der Waals surface area contributed by atoms with E-state index >= 15 is 0 Å². The predicted molar refractivity (Wildman–Crippen MR) is 57.4 cm³/mol. The molecule has 0 aliphatic carbocycles. The van der Waals surface area contributed by atoms with Gasteiger partial charge in [-0.25, -0.2) is 0 Å². The van der Waals surface area contributed by atoms with Crippen LogP contribution in [0.5, 0.6) is 0 Å². The molecule has 0 spiro atoms. The maximum absolute atomic E-state index is 5.44. The summed E-state index contributed by atoms with van der Waals surface area (Å²) in [4.78, 5) is 2.61. The zero-order valence-corrected chi connectivity index (χ0v) is 9.33. The molecule has 2 aliphatic rings. The van der Waals surface area contributed by atoms with Gasteiger partial charge in [0.15, 0.2) is 0 Å². The molecule has 2 heterocycles. The Morgan fingerprint density at radius 2 is 2.29 bits per heavy atom. The Hall–Kier alpha value is -0.120. The molecular formula is C11H22N2O. The van der Waals surface area contributed by atoms with Crippen LogP contribution in [0.15, 0.2) is 0 Å². The molecule has 0 aromatic rings. The fourth-order valence-electron chi connectivity index (χ4n) is 2.39. The molecule has 2 fully saturated rings. The van der Waals surface area contributed by atoms with Crippen LogP contribution in [0, 0.1) is 5.92 Å². The summed E-state index contributed by atoms with van der Waals surface area (Å²) in [5.74, 6) is 0.736. The number of piperazine rings is 1. The summed E-state index contributed by atoms with van der Waals surface area (Å²) in [6, 6.07) is 1.36. The second-order valence-electron chi connectivity index (χ2n) is 4.82. The summed E-state index contributed by atoms with van der Waals surface area (Å²) in [5, 5.41) is 3.59. The van der Waals surface area contributed by atoms with Gasteiger partial charge in [0.1, 0.15) is 0 Å². The fraction of sp³-hybridized carbons (Fsp3) is 1.00. The molecule has 0 bridgehead atoms. The van der Waals surface area contributed by atoms with Gasteiger partial charge in [-0.1, -0.05) is 13.8 Å². The Morgan fingerprint density at radius 1 is 1.43 bits per heavy atom. The maximum Gasteiger partial charge on any atom is 0.0622 e. The quantitative estimate of drug-likeness (QED) is 0.707. The minimum Gasteiger partial charge on any atom is -0.380 e. The highest BCUT2D eigenvalue weighted by molar-refractivity contribution is 4.86. The number of nitrogens with one attached hydrogen (secondary N) is 1. The van der Waals surface area contributed by atoms with E-state index in [0.717, 1.165) is 25.7 Å². The van der Waals surface area contributed by atoms with Crippen molar-refractivity contribution >= 4 is 0 Å². The Balaban J connectivity index is 1.86. The highest BCUT2D eigenvalue weighted by atomic mass is 16.5. The van der Waals surface area contributed by atoms with Crippen molar-refractivity contribution in [1.82, 2.24) is 10.2 Å². The Bertz CT molecular complexity index is 178. The monoisotopic (exact) mass is 198 g/mol. The molecule has 0 amide bonds. The highest BCUT2D eigenvalue weighted by Gasteiger charge is 2.28. The van der Waals surface area contributed by atoms with Crippen LogP contribution in [0.3, 0.4) is 0 Å². The minimum atomic E-state index is 0.671. The number of rotatable bonds is 2. The van der Waals surface area contributed by atoms with Gasteiger partial charge in [0.05, 0.1) is 6.61 Å². The third kappa shape index (κ3) is 2.27. The number of ether oxygens (including phenoxy) is 1. The molecule has 3 nitrogen and oxygen atoms in total. The fourth-order valence-corrected chi connectivity index (χ4v) is 2.39. The Labute approximate surface area is 86.8 Å². The lowest BCUT2D eigenvalue weighted by Crippen LogP contribution is -2.55. The molecule has 0 aromatic heterocycles. The largest absolute Gasteiger partial charge is 0.380 e. The lowest BCUT2D eigenvalue weighted by Gasteiger charge is -2.38. The van der Waals surface area contributed by atoms with Crippen molar-refractivity contribution in [2.45, 2.75) is 32.4 Å². The van der Waals surface area contributed by atoms with Gasteiger partial charge < -0.3 is 10.1 Å². The average molecular weight is 198 g/mol. The molecule has 0 saturated carbocycles. The van der Waals surface area contributed by atoms with Crippen molar-refractivity contribution < 1.29 is 4.74 Å². The average Bonchev–Trinajstić information content (AvgIpc) is 2.71. The number of nitrogens with zero attached hydrogens (tertiary/aromatic N) is 1. The Kier molecular flexibility index (Phi) is 3.42. The topological polar surface area (TPSA) is 24.5 Å². The number of hydrogen-bond donors (Lipinski definition) is 1. The summed E-state index contributed by atoms with van der Waals surface area (Å²) in [5.41, 5.74) is 0. The highest BCUT2D eigenvalue weighted by Crippen LogP contribution is 2.16. The standard InChI is InChI=1S/C11H22N2O/c1-9(2)11-7-13(5-4-12-11)10-3-6-14-8-10/h9-12H,3-8H2,1-2H3/t10?,11-/m1/s1. The van der Waals surface area contributed by atoms with Gasteiger partial charge >= 0.3 is 0 Å². The first-order valence-electron chi connectivity index (χ1n) is 5.82. The molecule has 0 radical (unpaired) electrons. The van der Waals surface area contributed by atoms with Crippen LogP contribution < -0.4 is 5.32 Å². The first-order valence-corrected chi connectivity index (χ1v) is 5.82. The molecular weight excluding hydrogens is 176 g/mol. The third-order valence-corrected chi connectivity index (χ3v) is 3.46. The van der Waals surface area contributed by atoms with Gasteiger partial charge in [-0.05, 0) is 12.3 Å². The van der Waals surface area contributed by atoms with Crippen LogP contribution in [0.1, 0.15) is 20.3 Å². The zero-order chi connectivity index (χ0) is 9.97. The van der Waals surface area contributed by atoms with Crippen molar-refractivity contribution in [1.29, 1.82) is 0 Å². The van der Waals surface area contributed by atoms with E-state index < -0.39 is 0 Å². The third-order valence-electron chi connectivity index (χ3n) is 3.46. The lowest BCUT2D eigenvalue weighted by molar-refractivity contribution is 0.106. The van der Waals surface area contributed by atoms with Gasteiger partial charge in [0.2, 0.25) is 0 Å². The van der Waals surface area contributed by atoms with Crippen LogP contribution in [0.4, 0.5) is 0 Å². The molecule has 1 unspecified atom stereocenters. The smallest absolute Gasteiger partial charge is 0.0622 e. The van der Waals surface area contributed by atoms with Crippen LogP contribution in [0.25, 0.3) is 0 Å². The van der Waals surface area contributed by atoms with Crippen LogP contribution in [0.2, 0.25) is 0 Å². The number of hydrogen-bond acceptors (Lipinski definition) is 3. The van der Waals surface area contributed by atoms with Crippen molar-refractivity contribution in [2.75, 3.05) is 32.8 Å². The van der Waals surface area contributed by atoms with Crippen molar-refractivity contribution in [3.8, 4) is 0 Å². The Morgan fingerprint density at radius 3 is 2.93 bits per heavy atom. The molecule has 2 aliphatic heterocycles. The molecule has 2 atom stereocenters. The zero-order valence-electron chi connectivity index (χ0n) is 9.33. The molecule has 14 heavy (non-hydrogen) atoms. The second kappa shape index (κ2) is 4.60. The normalized spacial score (nSPS) is 35.4. The molecule has 2 saturated heterocycles. The first-order chi connectivity index (χ1) is 6.77. The van der Waals surface area contributed by atoms with Crippen molar-refractivity contribution in [2.24, 2.45) is 5.92 Å². The summed E-state index contributed by atoms with van der Waals surface area (Å²) in [6.45, 7) is 10.0. The maximum atomic E-state index is 5.44. The van der Waals surface area contributed by atoms with E-state index in [-0.39, 0.29) is 0 Å². The van der Waals surface area contributed by atoms with Crippen LogP contribution >= 0.6 is 0 Å². The minimum absolute atomic E-state index is 0.671. The van der Waals surface area contributed by atoms with E-state index in [1.165, 1.54) is 19.5 Å². The van der Waals surface area contributed by atoms with E-state index in [0.29, 0.717) is 12.1 Å². The summed E-state index contributed by atoms with van der Waals surface area (Å²) < 4.78 is 5.44. The van der Waals surface area contributed by atoms with Gasteiger partial charge in [0, 0.05) is 38.3 Å². The van der Waals surface area contributed by atoms with E-state index in [1.807, 2.05) is 0 Å². The van der Waals surface area contributed by atoms with E-state index in [2.05, 4.69) is 24.1 Å². The van der Waals surface area contributed by atoms with Crippen molar-refractivity contribution in [3.63, 3.8) is 0 Å².